The van der Waals surface area contributed by atoms with Crippen LogP contribution in [0.15, 0.2) is 0 Å². The van der Waals surface area contributed by atoms with E-state index < -0.39 is 0 Å². The SMILES string of the molecule is CCCCC(CC)COCC1CCCNC1. The summed E-state index contributed by atoms with van der Waals surface area (Å²) >= 11 is 0. The fraction of sp³-hybridized carbons (Fsp3) is 1.00. The van der Waals surface area contributed by atoms with E-state index in [9.17, 15) is 0 Å². The lowest BCUT2D eigenvalue weighted by Crippen LogP contribution is -2.32. The summed E-state index contributed by atoms with van der Waals surface area (Å²) in [6.45, 7) is 8.85. The van der Waals surface area contributed by atoms with Gasteiger partial charge in [0.2, 0.25) is 0 Å². The van der Waals surface area contributed by atoms with Crippen molar-refractivity contribution in [3.63, 3.8) is 0 Å². The van der Waals surface area contributed by atoms with Crippen molar-refractivity contribution in [2.75, 3.05) is 26.3 Å². The largest absolute Gasteiger partial charge is 0.381 e. The first-order chi connectivity index (χ1) is 7.86. The zero-order valence-electron chi connectivity index (χ0n) is 11.1. The smallest absolute Gasteiger partial charge is 0.0506 e. The normalized spacial score (nSPS) is 23.2. The standard InChI is InChI=1S/C14H29NO/c1-3-5-7-13(4-2)11-16-12-14-8-6-9-15-10-14/h13-15H,3-12H2,1-2H3. The molecule has 2 heteroatoms. The van der Waals surface area contributed by atoms with Crippen LogP contribution in [-0.2, 0) is 4.74 Å². The Morgan fingerprint density at radius 2 is 2.25 bits per heavy atom. The van der Waals surface area contributed by atoms with Crippen molar-refractivity contribution in [1.82, 2.24) is 5.32 Å². The Labute approximate surface area is 101 Å². The van der Waals surface area contributed by atoms with Crippen LogP contribution in [0.3, 0.4) is 0 Å². The monoisotopic (exact) mass is 227 g/mol. The number of piperidine rings is 1. The summed E-state index contributed by atoms with van der Waals surface area (Å²) < 4.78 is 5.88. The van der Waals surface area contributed by atoms with Crippen LogP contribution in [-0.4, -0.2) is 26.3 Å². The maximum absolute atomic E-state index is 5.88. The van der Waals surface area contributed by atoms with E-state index in [4.69, 9.17) is 4.74 Å². The Morgan fingerprint density at radius 1 is 1.38 bits per heavy atom. The summed E-state index contributed by atoms with van der Waals surface area (Å²) in [6, 6.07) is 0. The Hall–Kier alpha value is -0.0800. The van der Waals surface area contributed by atoms with Gasteiger partial charge in [0.25, 0.3) is 0 Å². The molecule has 1 aliphatic heterocycles. The fourth-order valence-corrected chi connectivity index (χ4v) is 2.37. The van der Waals surface area contributed by atoms with Crippen LogP contribution < -0.4 is 5.32 Å². The van der Waals surface area contributed by atoms with Crippen molar-refractivity contribution in [2.24, 2.45) is 11.8 Å². The highest BCUT2D eigenvalue weighted by molar-refractivity contribution is 4.68. The predicted octanol–water partition coefficient (Wildman–Crippen LogP) is 3.22. The Morgan fingerprint density at radius 3 is 2.88 bits per heavy atom. The van der Waals surface area contributed by atoms with E-state index in [1.54, 1.807) is 0 Å². The van der Waals surface area contributed by atoms with E-state index in [0.29, 0.717) is 0 Å². The molecule has 1 saturated heterocycles. The predicted molar refractivity (Wildman–Crippen MR) is 69.7 cm³/mol. The molecule has 1 N–H and O–H groups in total. The van der Waals surface area contributed by atoms with Gasteiger partial charge < -0.3 is 10.1 Å². The zero-order chi connectivity index (χ0) is 11.6. The summed E-state index contributed by atoms with van der Waals surface area (Å²) in [5.74, 6) is 1.55. The molecule has 2 atom stereocenters. The summed E-state index contributed by atoms with van der Waals surface area (Å²) in [4.78, 5) is 0. The van der Waals surface area contributed by atoms with E-state index in [2.05, 4.69) is 19.2 Å². The van der Waals surface area contributed by atoms with Gasteiger partial charge in [0.05, 0.1) is 6.61 Å². The summed E-state index contributed by atoms with van der Waals surface area (Å²) in [7, 11) is 0. The molecule has 1 fully saturated rings. The van der Waals surface area contributed by atoms with Crippen LogP contribution in [0, 0.1) is 11.8 Å². The molecule has 1 heterocycles. The first-order valence-electron chi connectivity index (χ1n) is 7.15. The van der Waals surface area contributed by atoms with Gasteiger partial charge in [-0.3, -0.25) is 0 Å². The maximum Gasteiger partial charge on any atom is 0.0506 e. The van der Waals surface area contributed by atoms with Crippen molar-refractivity contribution in [2.45, 2.75) is 52.4 Å². The lowest BCUT2D eigenvalue weighted by atomic mass is 9.99. The van der Waals surface area contributed by atoms with Crippen LogP contribution in [0.2, 0.25) is 0 Å². The van der Waals surface area contributed by atoms with E-state index in [-0.39, 0.29) is 0 Å². The number of rotatable bonds is 8. The molecule has 0 bridgehead atoms. The lowest BCUT2D eigenvalue weighted by molar-refractivity contribution is 0.0602. The second-order valence-electron chi connectivity index (χ2n) is 5.17. The number of hydrogen-bond donors (Lipinski definition) is 1. The highest BCUT2D eigenvalue weighted by Gasteiger charge is 2.13. The third-order valence-corrected chi connectivity index (χ3v) is 3.65. The van der Waals surface area contributed by atoms with Gasteiger partial charge in [-0.25, -0.2) is 0 Å². The molecule has 0 aromatic heterocycles. The van der Waals surface area contributed by atoms with Crippen molar-refractivity contribution in [3.8, 4) is 0 Å². The van der Waals surface area contributed by atoms with Crippen LogP contribution in [0.25, 0.3) is 0 Å². The minimum absolute atomic E-state index is 0.762. The van der Waals surface area contributed by atoms with Gasteiger partial charge in [-0.05, 0) is 37.6 Å². The van der Waals surface area contributed by atoms with Gasteiger partial charge in [-0.1, -0.05) is 33.1 Å². The first kappa shape index (κ1) is 14.0. The van der Waals surface area contributed by atoms with E-state index >= 15 is 0 Å². The van der Waals surface area contributed by atoms with Crippen LogP contribution in [0.1, 0.15) is 52.4 Å². The number of nitrogens with one attached hydrogen (secondary N) is 1. The Balaban J connectivity index is 2.02. The summed E-state index contributed by atoms with van der Waals surface area (Å²) in [5, 5.41) is 3.44. The second-order valence-corrected chi connectivity index (χ2v) is 5.17. The van der Waals surface area contributed by atoms with Gasteiger partial charge in [-0.2, -0.15) is 0 Å². The van der Waals surface area contributed by atoms with Gasteiger partial charge in [-0.15, -0.1) is 0 Å². The van der Waals surface area contributed by atoms with Crippen molar-refractivity contribution in [3.05, 3.63) is 0 Å². The van der Waals surface area contributed by atoms with Crippen LogP contribution >= 0.6 is 0 Å². The molecule has 0 amide bonds. The molecule has 0 aliphatic carbocycles. The minimum atomic E-state index is 0.762. The molecular weight excluding hydrogens is 198 g/mol. The number of unbranched alkanes of at least 4 members (excludes halogenated alkanes) is 1. The Bertz CT molecular complexity index is 155. The first-order valence-corrected chi connectivity index (χ1v) is 7.15. The maximum atomic E-state index is 5.88. The van der Waals surface area contributed by atoms with Gasteiger partial charge in [0, 0.05) is 13.2 Å². The van der Waals surface area contributed by atoms with E-state index in [1.807, 2.05) is 0 Å². The average Bonchev–Trinajstić information content (AvgIpc) is 2.35. The van der Waals surface area contributed by atoms with Gasteiger partial charge in [0.15, 0.2) is 0 Å². The average molecular weight is 227 g/mol. The second kappa shape index (κ2) is 9.00. The topological polar surface area (TPSA) is 21.3 Å². The fourth-order valence-electron chi connectivity index (χ4n) is 2.37. The Kier molecular flexibility index (Phi) is 7.87. The summed E-state index contributed by atoms with van der Waals surface area (Å²) in [5.41, 5.74) is 0. The third-order valence-electron chi connectivity index (χ3n) is 3.65. The highest BCUT2D eigenvalue weighted by Crippen LogP contribution is 2.15. The van der Waals surface area contributed by atoms with Crippen LogP contribution in [0.5, 0.6) is 0 Å². The summed E-state index contributed by atoms with van der Waals surface area (Å²) in [6.07, 6.45) is 7.94. The number of ether oxygens (including phenoxy) is 1. The highest BCUT2D eigenvalue weighted by atomic mass is 16.5. The van der Waals surface area contributed by atoms with Gasteiger partial charge in [0.1, 0.15) is 0 Å². The molecule has 1 rings (SSSR count). The van der Waals surface area contributed by atoms with Crippen LogP contribution in [0.4, 0.5) is 0 Å². The minimum Gasteiger partial charge on any atom is -0.381 e. The molecule has 2 nitrogen and oxygen atoms in total. The molecule has 96 valence electrons. The van der Waals surface area contributed by atoms with Crippen molar-refractivity contribution in [1.29, 1.82) is 0 Å². The quantitative estimate of drug-likeness (QED) is 0.687. The lowest BCUT2D eigenvalue weighted by Gasteiger charge is -2.23. The van der Waals surface area contributed by atoms with Crippen molar-refractivity contribution < 1.29 is 4.74 Å². The van der Waals surface area contributed by atoms with Gasteiger partial charge >= 0.3 is 0 Å². The molecular formula is C14H29NO. The number of hydrogen-bond acceptors (Lipinski definition) is 2. The molecule has 1 aliphatic rings. The molecule has 0 radical (unpaired) electrons. The van der Waals surface area contributed by atoms with E-state index in [1.165, 1.54) is 45.1 Å². The molecule has 0 saturated carbocycles. The van der Waals surface area contributed by atoms with Crippen molar-refractivity contribution >= 4 is 0 Å². The van der Waals surface area contributed by atoms with E-state index in [0.717, 1.165) is 31.6 Å². The molecule has 0 spiro atoms. The molecule has 0 aromatic carbocycles. The zero-order valence-corrected chi connectivity index (χ0v) is 11.1. The molecule has 2 unspecified atom stereocenters. The molecule has 0 aromatic rings. The third kappa shape index (κ3) is 5.86. The molecule has 16 heavy (non-hydrogen) atoms.